The lowest BCUT2D eigenvalue weighted by Crippen LogP contribution is -2.32. The van der Waals surface area contributed by atoms with E-state index in [9.17, 15) is 9.59 Å². The van der Waals surface area contributed by atoms with Crippen molar-refractivity contribution in [2.24, 2.45) is 0 Å². The summed E-state index contributed by atoms with van der Waals surface area (Å²) in [5.74, 6) is -0.509. The normalized spacial score (nSPS) is 17.7. The molecular weight excluding hydrogens is 284 g/mol. The van der Waals surface area contributed by atoms with Crippen LogP contribution >= 0.6 is 0 Å². The van der Waals surface area contributed by atoms with Crippen LogP contribution in [0.4, 0.5) is 0 Å². The maximum absolute atomic E-state index is 11.9. The van der Waals surface area contributed by atoms with Crippen molar-refractivity contribution in [1.29, 1.82) is 0 Å². The highest BCUT2D eigenvalue weighted by atomic mass is 16.5. The molecule has 6 heteroatoms. The zero-order valence-corrected chi connectivity index (χ0v) is 13.3. The molecule has 0 heterocycles. The van der Waals surface area contributed by atoms with Gasteiger partial charge in [-0.3, -0.25) is 0 Å². The maximum atomic E-state index is 11.9. The van der Waals surface area contributed by atoms with E-state index in [0.717, 1.165) is 49.9 Å². The summed E-state index contributed by atoms with van der Waals surface area (Å²) in [6, 6.07) is 0. The van der Waals surface area contributed by atoms with Gasteiger partial charge in [0.15, 0.2) is 0 Å². The van der Waals surface area contributed by atoms with Crippen LogP contribution in [0.2, 0.25) is 0 Å². The van der Waals surface area contributed by atoms with Gasteiger partial charge < -0.3 is 20.3 Å². The van der Waals surface area contributed by atoms with E-state index in [-0.39, 0.29) is 11.9 Å². The lowest BCUT2D eigenvalue weighted by atomic mass is 10.2. The standard InChI is InChI=1S/C16H24N2O4/c1-3-21-15(19)11-7-5-9-13(11)17-18-14-10-6-8-12(14)16(20)22-4-2/h17-18H,3-10H2,1-2H3. The molecule has 0 amide bonds. The van der Waals surface area contributed by atoms with Crippen molar-refractivity contribution in [3.63, 3.8) is 0 Å². The van der Waals surface area contributed by atoms with E-state index in [0.29, 0.717) is 24.4 Å². The van der Waals surface area contributed by atoms with Gasteiger partial charge >= 0.3 is 11.9 Å². The quantitative estimate of drug-likeness (QED) is 0.554. The Bertz CT molecular complexity index is 462. The third kappa shape index (κ3) is 3.81. The van der Waals surface area contributed by atoms with E-state index >= 15 is 0 Å². The molecule has 0 aromatic carbocycles. The van der Waals surface area contributed by atoms with Crippen molar-refractivity contribution in [1.82, 2.24) is 10.9 Å². The summed E-state index contributed by atoms with van der Waals surface area (Å²) in [4.78, 5) is 23.8. The largest absolute Gasteiger partial charge is 0.463 e. The van der Waals surface area contributed by atoms with Gasteiger partial charge in [-0.05, 0) is 52.4 Å². The minimum absolute atomic E-state index is 0.254. The molecule has 0 aromatic heterocycles. The molecule has 0 fully saturated rings. The number of carbonyl (C=O) groups is 2. The molecule has 0 aliphatic heterocycles. The molecule has 0 aromatic rings. The summed E-state index contributed by atoms with van der Waals surface area (Å²) in [6.07, 6.45) is 4.94. The molecule has 0 saturated heterocycles. The Morgan fingerprint density at radius 2 is 1.23 bits per heavy atom. The van der Waals surface area contributed by atoms with Crippen LogP contribution < -0.4 is 10.9 Å². The van der Waals surface area contributed by atoms with Gasteiger partial charge in [0.2, 0.25) is 0 Å². The van der Waals surface area contributed by atoms with Gasteiger partial charge in [0.05, 0.1) is 24.4 Å². The Kier molecular flexibility index (Phi) is 5.86. The Morgan fingerprint density at radius 1 is 0.818 bits per heavy atom. The first-order chi connectivity index (χ1) is 10.7. The average Bonchev–Trinajstić information content (AvgIpc) is 3.14. The van der Waals surface area contributed by atoms with E-state index in [4.69, 9.17) is 9.47 Å². The summed E-state index contributed by atoms with van der Waals surface area (Å²) in [7, 11) is 0. The molecule has 2 aliphatic rings. The predicted molar refractivity (Wildman–Crippen MR) is 81.3 cm³/mol. The highest BCUT2D eigenvalue weighted by molar-refractivity contribution is 5.90. The molecule has 122 valence electrons. The molecule has 0 unspecified atom stereocenters. The summed E-state index contributed by atoms with van der Waals surface area (Å²) < 4.78 is 10.1. The van der Waals surface area contributed by atoms with Crippen LogP contribution in [-0.2, 0) is 19.1 Å². The van der Waals surface area contributed by atoms with Crippen LogP contribution in [0.25, 0.3) is 0 Å². The third-order valence-electron chi connectivity index (χ3n) is 3.84. The van der Waals surface area contributed by atoms with E-state index in [2.05, 4.69) is 10.9 Å². The Labute approximate surface area is 130 Å². The second-order valence-electron chi connectivity index (χ2n) is 5.31. The van der Waals surface area contributed by atoms with Gasteiger partial charge in [0, 0.05) is 11.4 Å². The lowest BCUT2D eigenvalue weighted by molar-refractivity contribution is -0.139. The smallest absolute Gasteiger partial charge is 0.335 e. The summed E-state index contributed by atoms with van der Waals surface area (Å²) in [6.45, 7) is 4.35. The Hall–Kier alpha value is -1.98. The van der Waals surface area contributed by atoms with Crippen molar-refractivity contribution in [2.45, 2.75) is 52.4 Å². The molecule has 2 aliphatic carbocycles. The fraction of sp³-hybridized carbons (Fsp3) is 0.625. The molecule has 2 rings (SSSR count). The average molecular weight is 308 g/mol. The van der Waals surface area contributed by atoms with Crippen molar-refractivity contribution in [3.8, 4) is 0 Å². The molecule has 0 saturated carbocycles. The third-order valence-corrected chi connectivity index (χ3v) is 3.84. The zero-order valence-electron chi connectivity index (χ0n) is 13.3. The highest BCUT2D eigenvalue weighted by Crippen LogP contribution is 2.27. The monoisotopic (exact) mass is 308 g/mol. The lowest BCUT2D eigenvalue weighted by Gasteiger charge is -2.14. The number of hydrogen-bond donors (Lipinski definition) is 2. The summed E-state index contributed by atoms with van der Waals surface area (Å²) in [5, 5.41) is 0. The maximum Gasteiger partial charge on any atom is 0.335 e. The highest BCUT2D eigenvalue weighted by Gasteiger charge is 2.24. The molecular formula is C16H24N2O4. The number of hydrogen-bond acceptors (Lipinski definition) is 6. The minimum atomic E-state index is -0.254. The second-order valence-corrected chi connectivity index (χ2v) is 5.31. The zero-order chi connectivity index (χ0) is 15.9. The number of ether oxygens (including phenoxy) is 2. The predicted octanol–water partition coefficient (Wildman–Crippen LogP) is 2.08. The van der Waals surface area contributed by atoms with Gasteiger partial charge in [0.25, 0.3) is 0 Å². The molecule has 0 spiro atoms. The number of esters is 2. The van der Waals surface area contributed by atoms with Gasteiger partial charge in [-0.25, -0.2) is 9.59 Å². The van der Waals surface area contributed by atoms with E-state index in [1.165, 1.54) is 0 Å². The van der Waals surface area contributed by atoms with Crippen molar-refractivity contribution < 1.29 is 19.1 Å². The second kappa shape index (κ2) is 7.87. The van der Waals surface area contributed by atoms with Crippen LogP contribution in [0.1, 0.15) is 52.4 Å². The fourth-order valence-corrected chi connectivity index (χ4v) is 2.80. The summed E-state index contributed by atoms with van der Waals surface area (Å²) in [5.41, 5.74) is 9.33. The Morgan fingerprint density at radius 3 is 1.59 bits per heavy atom. The number of nitrogens with one attached hydrogen (secondary N) is 2. The molecule has 0 radical (unpaired) electrons. The minimum Gasteiger partial charge on any atom is -0.463 e. The topological polar surface area (TPSA) is 76.7 Å². The van der Waals surface area contributed by atoms with Crippen LogP contribution in [-0.4, -0.2) is 25.2 Å². The van der Waals surface area contributed by atoms with Crippen LogP contribution in [0, 0.1) is 0 Å². The number of hydrazine groups is 1. The van der Waals surface area contributed by atoms with E-state index in [1.807, 2.05) is 0 Å². The molecule has 2 N–H and O–H groups in total. The van der Waals surface area contributed by atoms with Crippen molar-refractivity contribution >= 4 is 11.9 Å². The molecule has 6 nitrogen and oxygen atoms in total. The first kappa shape index (κ1) is 16.4. The van der Waals surface area contributed by atoms with Gasteiger partial charge in [-0.15, -0.1) is 0 Å². The number of rotatable bonds is 7. The van der Waals surface area contributed by atoms with E-state index < -0.39 is 0 Å². The first-order valence-electron chi connectivity index (χ1n) is 7.97. The van der Waals surface area contributed by atoms with Gasteiger partial charge in [0.1, 0.15) is 0 Å². The number of carbonyl (C=O) groups excluding carboxylic acids is 2. The fourth-order valence-electron chi connectivity index (χ4n) is 2.80. The van der Waals surface area contributed by atoms with Crippen molar-refractivity contribution in [2.75, 3.05) is 13.2 Å². The molecule has 22 heavy (non-hydrogen) atoms. The Balaban J connectivity index is 2.01. The van der Waals surface area contributed by atoms with Crippen LogP contribution in [0.3, 0.4) is 0 Å². The SMILES string of the molecule is CCOC(=O)C1=C(NNC2=C(C(=O)OCC)CCC2)CCC1. The summed E-state index contributed by atoms with van der Waals surface area (Å²) >= 11 is 0. The number of allylic oxidation sites excluding steroid dienone is 2. The molecule has 0 bridgehead atoms. The molecule has 0 atom stereocenters. The first-order valence-corrected chi connectivity index (χ1v) is 7.97. The van der Waals surface area contributed by atoms with Gasteiger partial charge in [-0.1, -0.05) is 0 Å². The van der Waals surface area contributed by atoms with Gasteiger partial charge in [-0.2, -0.15) is 0 Å². The van der Waals surface area contributed by atoms with Crippen molar-refractivity contribution in [3.05, 3.63) is 22.5 Å². The van der Waals surface area contributed by atoms with Crippen LogP contribution in [0.15, 0.2) is 22.5 Å². The van der Waals surface area contributed by atoms with E-state index in [1.54, 1.807) is 13.8 Å². The van der Waals surface area contributed by atoms with Crippen LogP contribution in [0.5, 0.6) is 0 Å².